The van der Waals surface area contributed by atoms with Crippen molar-refractivity contribution in [1.82, 2.24) is 9.47 Å². The van der Waals surface area contributed by atoms with Crippen molar-refractivity contribution in [3.05, 3.63) is 68.6 Å². The molecule has 9 heteroatoms. The number of para-hydroxylation sites is 1. The Balaban J connectivity index is 1.49. The lowest BCUT2D eigenvalue weighted by Crippen LogP contribution is -2.43. The van der Waals surface area contributed by atoms with Crippen LogP contribution < -0.4 is 4.90 Å². The predicted molar refractivity (Wildman–Crippen MR) is 145 cm³/mol. The summed E-state index contributed by atoms with van der Waals surface area (Å²) in [5.74, 6) is -0.329. The minimum Gasteiger partial charge on any atom is -0.338 e. The number of hydrogen-bond donors (Lipinski definition) is 0. The molecule has 2 aromatic carbocycles. The van der Waals surface area contributed by atoms with Crippen molar-refractivity contribution in [2.24, 2.45) is 0 Å². The lowest BCUT2D eigenvalue weighted by molar-refractivity contribution is -0.135. The van der Waals surface area contributed by atoms with E-state index in [1.807, 2.05) is 33.9 Å². The van der Waals surface area contributed by atoms with E-state index in [1.54, 1.807) is 30.3 Å². The number of aromatic nitrogens is 1. The summed E-state index contributed by atoms with van der Waals surface area (Å²) in [6.07, 6.45) is 6.81. The number of anilines is 1. The summed E-state index contributed by atoms with van der Waals surface area (Å²) in [4.78, 5) is 42.4. The third kappa shape index (κ3) is 4.67. The van der Waals surface area contributed by atoms with Gasteiger partial charge in [0, 0.05) is 39.7 Å². The third-order valence-electron chi connectivity index (χ3n) is 6.48. The van der Waals surface area contributed by atoms with Crippen LogP contribution in [-0.2, 0) is 16.1 Å². The number of likely N-dealkylation sites (tertiary alicyclic amines) is 1. The Kier molecular flexibility index (Phi) is 6.79. The summed E-state index contributed by atoms with van der Waals surface area (Å²) in [6, 6.07) is 12.9. The Hall–Kier alpha value is -2.55. The van der Waals surface area contributed by atoms with E-state index >= 15 is 0 Å². The van der Waals surface area contributed by atoms with E-state index in [4.69, 9.17) is 11.6 Å². The summed E-state index contributed by atoms with van der Waals surface area (Å²) in [7, 11) is 0. The summed E-state index contributed by atoms with van der Waals surface area (Å²) in [5.41, 5.74) is 2.03. The van der Waals surface area contributed by atoms with Gasteiger partial charge in [-0.05, 0) is 74.4 Å². The number of rotatable bonds is 4. The molecule has 5 rings (SSSR count). The van der Waals surface area contributed by atoms with Crippen LogP contribution in [0.25, 0.3) is 17.0 Å². The molecule has 180 valence electrons. The Morgan fingerprint density at radius 2 is 2.00 bits per heavy atom. The minimum atomic E-state index is -0.415. The van der Waals surface area contributed by atoms with Crippen LogP contribution in [0.5, 0.6) is 0 Å². The van der Waals surface area contributed by atoms with Gasteiger partial charge in [0.25, 0.3) is 11.1 Å². The average molecular weight is 573 g/mol. The molecule has 35 heavy (non-hydrogen) atoms. The molecule has 3 heterocycles. The van der Waals surface area contributed by atoms with Gasteiger partial charge in [-0.2, -0.15) is 0 Å². The van der Waals surface area contributed by atoms with E-state index in [-0.39, 0.29) is 18.5 Å². The van der Waals surface area contributed by atoms with Gasteiger partial charge in [-0.3, -0.25) is 14.4 Å². The quantitative estimate of drug-likeness (QED) is 0.327. The fourth-order valence-corrected chi connectivity index (χ4v) is 6.10. The molecule has 0 radical (unpaired) electrons. The molecule has 0 aliphatic carbocycles. The topological polar surface area (TPSA) is 62.6 Å². The van der Waals surface area contributed by atoms with Crippen LogP contribution in [-0.4, -0.2) is 39.1 Å². The van der Waals surface area contributed by atoms with Crippen LogP contribution in [0.4, 0.5) is 10.5 Å². The molecule has 2 aliphatic heterocycles. The van der Waals surface area contributed by atoms with E-state index in [0.717, 1.165) is 63.4 Å². The number of hydrogen-bond acceptors (Lipinski definition) is 4. The number of piperidine rings is 1. The van der Waals surface area contributed by atoms with Gasteiger partial charge in [0.1, 0.15) is 6.54 Å². The van der Waals surface area contributed by atoms with E-state index < -0.39 is 11.1 Å². The number of nitrogens with zero attached hydrogens (tertiary/aromatic N) is 3. The molecular formula is C26H23BrClN3O3S. The first-order valence-electron chi connectivity index (χ1n) is 11.4. The Labute approximate surface area is 221 Å². The van der Waals surface area contributed by atoms with Gasteiger partial charge in [-0.15, -0.1) is 0 Å². The Morgan fingerprint density at radius 3 is 2.77 bits per heavy atom. The highest BCUT2D eigenvalue weighted by atomic mass is 79.9. The van der Waals surface area contributed by atoms with Gasteiger partial charge in [-0.1, -0.05) is 39.7 Å². The SMILES string of the molecule is C[C@H]1CCCCN1C(=O)Cn1cc(/C=C2\SC(=O)N(c3ccccc3Cl)C2=O)c2cc(Br)ccc21. The molecule has 1 aromatic heterocycles. The van der Waals surface area contributed by atoms with E-state index in [2.05, 4.69) is 22.9 Å². The highest BCUT2D eigenvalue weighted by Gasteiger charge is 2.37. The van der Waals surface area contributed by atoms with Gasteiger partial charge in [-0.25, -0.2) is 4.90 Å². The van der Waals surface area contributed by atoms with Crippen molar-refractivity contribution in [2.45, 2.75) is 38.8 Å². The van der Waals surface area contributed by atoms with Crippen LogP contribution in [0.1, 0.15) is 31.7 Å². The summed E-state index contributed by atoms with van der Waals surface area (Å²) in [5, 5.41) is 0.832. The molecule has 0 bridgehead atoms. The van der Waals surface area contributed by atoms with Crippen molar-refractivity contribution in [3.8, 4) is 0 Å². The number of halogens is 2. The lowest BCUT2D eigenvalue weighted by atomic mass is 10.0. The summed E-state index contributed by atoms with van der Waals surface area (Å²) >= 11 is 10.7. The molecule has 2 saturated heterocycles. The van der Waals surface area contributed by atoms with Crippen LogP contribution in [0.2, 0.25) is 5.02 Å². The maximum absolute atomic E-state index is 13.2. The zero-order valence-electron chi connectivity index (χ0n) is 19.0. The molecule has 3 amide bonds. The molecule has 3 aromatic rings. The average Bonchev–Trinajstić information content (AvgIpc) is 3.30. The third-order valence-corrected chi connectivity index (χ3v) is 8.16. The van der Waals surface area contributed by atoms with Gasteiger partial charge in [0.05, 0.1) is 15.6 Å². The molecule has 0 N–H and O–H groups in total. The van der Waals surface area contributed by atoms with Crippen molar-refractivity contribution in [1.29, 1.82) is 0 Å². The first kappa shape index (κ1) is 24.2. The number of carbonyl (C=O) groups excluding carboxylic acids is 3. The smallest absolute Gasteiger partial charge is 0.298 e. The standard InChI is InChI=1S/C26H23BrClN3O3S/c1-16-6-4-5-11-30(16)24(32)15-29-14-17(19-13-18(27)9-10-21(19)29)12-23-25(33)31(26(34)35-23)22-8-3-2-7-20(22)28/h2-3,7-10,12-14,16H,4-6,11,15H2,1H3/b23-12-/t16-/m0/s1. The molecule has 6 nitrogen and oxygen atoms in total. The van der Waals surface area contributed by atoms with E-state index in [9.17, 15) is 14.4 Å². The highest BCUT2D eigenvalue weighted by Crippen LogP contribution is 2.39. The molecule has 0 spiro atoms. The van der Waals surface area contributed by atoms with Crippen LogP contribution in [0.15, 0.2) is 58.0 Å². The fraction of sp³-hybridized carbons (Fsp3) is 0.269. The predicted octanol–water partition coefficient (Wildman–Crippen LogP) is 6.70. The van der Waals surface area contributed by atoms with Crippen molar-refractivity contribution >= 4 is 79.0 Å². The summed E-state index contributed by atoms with van der Waals surface area (Å²) in [6.45, 7) is 3.10. The second kappa shape index (κ2) is 9.84. The lowest BCUT2D eigenvalue weighted by Gasteiger charge is -2.33. The normalized spacial score (nSPS) is 19.9. The largest absolute Gasteiger partial charge is 0.338 e. The first-order valence-corrected chi connectivity index (χ1v) is 13.4. The van der Waals surface area contributed by atoms with Gasteiger partial charge in [0.2, 0.25) is 5.91 Å². The number of benzene rings is 2. The molecular weight excluding hydrogens is 550 g/mol. The number of amides is 3. The second-order valence-corrected chi connectivity index (χ2v) is 11.1. The van der Waals surface area contributed by atoms with Gasteiger partial charge in [0.15, 0.2) is 0 Å². The molecule has 2 aliphatic rings. The van der Waals surface area contributed by atoms with Crippen LogP contribution in [0, 0.1) is 0 Å². The Bertz CT molecular complexity index is 1390. The molecule has 2 fully saturated rings. The molecule has 1 atom stereocenters. The van der Waals surface area contributed by atoms with Gasteiger partial charge >= 0.3 is 0 Å². The molecule has 0 saturated carbocycles. The highest BCUT2D eigenvalue weighted by molar-refractivity contribution is 9.10. The monoisotopic (exact) mass is 571 g/mol. The minimum absolute atomic E-state index is 0.0858. The van der Waals surface area contributed by atoms with E-state index in [0.29, 0.717) is 15.6 Å². The zero-order chi connectivity index (χ0) is 24.7. The fourth-order valence-electron chi connectivity index (χ4n) is 4.70. The van der Waals surface area contributed by atoms with Gasteiger partial charge < -0.3 is 9.47 Å². The number of imide groups is 1. The first-order chi connectivity index (χ1) is 16.8. The number of carbonyl (C=O) groups is 3. The molecule has 0 unspecified atom stereocenters. The number of fused-ring (bicyclic) bond motifs is 1. The van der Waals surface area contributed by atoms with Crippen molar-refractivity contribution in [3.63, 3.8) is 0 Å². The van der Waals surface area contributed by atoms with E-state index in [1.165, 1.54) is 0 Å². The van der Waals surface area contributed by atoms with Crippen LogP contribution >= 0.6 is 39.3 Å². The van der Waals surface area contributed by atoms with Crippen molar-refractivity contribution < 1.29 is 14.4 Å². The summed E-state index contributed by atoms with van der Waals surface area (Å²) < 4.78 is 2.81. The maximum Gasteiger partial charge on any atom is 0.298 e. The van der Waals surface area contributed by atoms with Crippen molar-refractivity contribution in [2.75, 3.05) is 11.4 Å². The second-order valence-electron chi connectivity index (χ2n) is 8.77. The maximum atomic E-state index is 13.2. The Morgan fingerprint density at radius 1 is 1.20 bits per heavy atom. The van der Waals surface area contributed by atoms with Crippen LogP contribution in [0.3, 0.4) is 0 Å². The zero-order valence-corrected chi connectivity index (χ0v) is 22.2. The number of thioether (sulfide) groups is 1.